The van der Waals surface area contributed by atoms with E-state index in [2.05, 4.69) is 28.3 Å². The van der Waals surface area contributed by atoms with E-state index in [4.69, 9.17) is 0 Å². The number of nitrogens with zero attached hydrogens (tertiary/aromatic N) is 2. The number of pyridine rings is 1. The molecule has 0 spiro atoms. The number of hydrogen-bond donors (Lipinski definition) is 1. The van der Waals surface area contributed by atoms with Gasteiger partial charge in [0.25, 0.3) is 0 Å². The summed E-state index contributed by atoms with van der Waals surface area (Å²) in [6.07, 6.45) is 3.70. The van der Waals surface area contributed by atoms with E-state index in [0.717, 1.165) is 13.1 Å². The summed E-state index contributed by atoms with van der Waals surface area (Å²) in [5.74, 6) is 0. The van der Waals surface area contributed by atoms with Gasteiger partial charge in [0.15, 0.2) is 0 Å². The zero-order valence-electron chi connectivity index (χ0n) is 7.20. The molecule has 3 nitrogen and oxygen atoms in total. The fraction of sp³-hybridized carbons (Fsp3) is 0.444. The lowest BCUT2D eigenvalue weighted by Crippen LogP contribution is -2.56. The Morgan fingerprint density at radius 2 is 2.42 bits per heavy atom. The number of likely N-dealkylation sites (N-methyl/N-ethyl adjacent to an activating group) is 1. The maximum absolute atomic E-state index is 4.08. The average Bonchev–Trinajstić information content (AvgIpc) is 2.03. The van der Waals surface area contributed by atoms with Crippen molar-refractivity contribution < 1.29 is 0 Å². The number of aromatic nitrogens is 1. The van der Waals surface area contributed by atoms with Crippen molar-refractivity contribution in [2.75, 3.05) is 25.0 Å². The summed E-state index contributed by atoms with van der Waals surface area (Å²) in [7, 11) is 2.11. The minimum Gasteiger partial charge on any atom is -0.368 e. The number of hydrogen-bond acceptors (Lipinski definition) is 3. The van der Waals surface area contributed by atoms with Crippen molar-refractivity contribution in [3.05, 3.63) is 24.5 Å². The van der Waals surface area contributed by atoms with Gasteiger partial charge in [-0.15, -0.1) is 0 Å². The summed E-state index contributed by atoms with van der Waals surface area (Å²) >= 11 is 0. The van der Waals surface area contributed by atoms with Gasteiger partial charge in [0, 0.05) is 26.3 Å². The van der Waals surface area contributed by atoms with Gasteiger partial charge in [-0.05, 0) is 12.1 Å². The molecule has 1 saturated heterocycles. The van der Waals surface area contributed by atoms with E-state index in [9.17, 15) is 0 Å². The molecule has 0 saturated carbocycles. The average molecular weight is 163 g/mol. The standard InChI is InChI=1S/C9H13N3/c1-12(9-6-11-7-9)8-3-2-4-10-5-8/h2-5,9,11H,6-7H2,1H3. The topological polar surface area (TPSA) is 28.2 Å². The molecule has 0 bridgehead atoms. The third-order valence-electron chi connectivity index (χ3n) is 2.36. The minimum absolute atomic E-state index is 0.647. The van der Waals surface area contributed by atoms with Crippen LogP contribution in [0.15, 0.2) is 24.5 Å². The summed E-state index contributed by atoms with van der Waals surface area (Å²) in [6.45, 7) is 2.18. The number of anilines is 1. The Morgan fingerprint density at radius 1 is 1.58 bits per heavy atom. The van der Waals surface area contributed by atoms with Crippen molar-refractivity contribution in [3.8, 4) is 0 Å². The minimum atomic E-state index is 0.647. The molecule has 0 unspecified atom stereocenters. The highest BCUT2D eigenvalue weighted by atomic mass is 15.2. The van der Waals surface area contributed by atoms with Gasteiger partial charge in [0.05, 0.1) is 17.9 Å². The van der Waals surface area contributed by atoms with E-state index >= 15 is 0 Å². The molecule has 0 atom stereocenters. The zero-order chi connectivity index (χ0) is 8.39. The SMILES string of the molecule is CN(c1cccnc1)C1CNC1. The summed E-state index contributed by atoms with van der Waals surface area (Å²) < 4.78 is 0. The molecule has 64 valence electrons. The summed E-state index contributed by atoms with van der Waals surface area (Å²) in [5.41, 5.74) is 1.20. The molecule has 1 aliphatic rings. The van der Waals surface area contributed by atoms with E-state index in [1.807, 2.05) is 12.3 Å². The lowest BCUT2D eigenvalue weighted by Gasteiger charge is -2.36. The lowest BCUT2D eigenvalue weighted by atomic mass is 10.1. The van der Waals surface area contributed by atoms with Gasteiger partial charge in [-0.3, -0.25) is 4.98 Å². The largest absolute Gasteiger partial charge is 0.368 e. The molecule has 1 aromatic heterocycles. The summed E-state index contributed by atoms with van der Waals surface area (Å²) in [6, 6.07) is 4.71. The van der Waals surface area contributed by atoms with E-state index in [0.29, 0.717) is 6.04 Å². The molecule has 1 aliphatic heterocycles. The van der Waals surface area contributed by atoms with Gasteiger partial charge in [-0.1, -0.05) is 0 Å². The first kappa shape index (κ1) is 7.55. The van der Waals surface area contributed by atoms with Gasteiger partial charge in [-0.2, -0.15) is 0 Å². The van der Waals surface area contributed by atoms with Gasteiger partial charge in [0.2, 0.25) is 0 Å². The Hall–Kier alpha value is -1.09. The van der Waals surface area contributed by atoms with Gasteiger partial charge < -0.3 is 10.2 Å². The molecule has 2 rings (SSSR count). The quantitative estimate of drug-likeness (QED) is 0.687. The molecular formula is C9H13N3. The van der Waals surface area contributed by atoms with Crippen LogP contribution in [-0.4, -0.2) is 31.2 Å². The molecule has 0 aromatic carbocycles. The number of nitrogens with one attached hydrogen (secondary N) is 1. The van der Waals surface area contributed by atoms with Crippen LogP contribution in [0.5, 0.6) is 0 Å². The van der Waals surface area contributed by atoms with E-state index in [1.54, 1.807) is 6.20 Å². The van der Waals surface area contributed by atoms with Crippen molar-refractivity contribution in [3.63, 3.8) is 0 Å². The summed E-state index contributed by atoms with van der Waals surface area (Å²) in [4.78, 5) is 6.35. The maximum atomic E-state index is 4.08. The van der Waals surface area contributed by atoms with Gasteiger partial charge in [-0.25, -0.2) is 0 Å². The lowest BCUT2D eigenvalue weighted by molar-refractivity contribution is 0.428. The second-order valence-electron chi connectivity index (χ2n) is 3.13. The van der Waals surface area contributed by atoms with Crippen LogP contribution in [0.1, 0.15) is 0 Å². The smallest absolute Gasteiger partial charge is 0.0553 e. The first-order valence-electron chi connectivity index (χ1n) is 4.21. The third kappa shape index (κ3) is 1.28. The fourth-order valence-corrected chi connectivity index (χ4v) is 1.32. The van der Waals surface area contributed by atoms with E-state index in [-0.39, 0.29) is 0 Å². The molecule has 1 N–H and O–H groups in total. The molecule has 3 heteroatoms. The highest BCUT2D eigenvalue weighted by molar-refractivity contribution is 5.44. The molecule has 1 fully saturated rings. The Morgan fingerprint density at radius 3 is 2.92 bits per heavy atom. The predicted octanol–water partition coefficient (Wildman–Crippen LogP) is 0.490. The van der Waals surface area contributed by atoms with Crippen LogP contribution in [-0.2, 0) is 0 Å². The Bertz CT molecular complexity index is 243. The second-order valence-corrected chi connectivity index (χ2v) is 3.13. The van der Waals surface area contributed by atoms with Gasteiger partial charge >= 0.3 is 0 Å². The Balaban J connectivity index is 2.08. The van der Waals surface area contributed by atoms with Crippen molar-refractivity contribution in [2.24, 2.45) is 0 Å². The highest BCUT2D eigenvalue weighted by Gasteiger charge is 2.21. The summed E-state index contributed by atoms with van der Waals surface area (Å²) in [5, 5.41) is 3.25. The first-order valence-corrected chi connectivity index (χ1v) is 4.21. The first-order chi connectivity index (χ1) is 5.88. The molecular weight excluding hydrogens is 150 g/mol. The molecule has 0 aliphatic carbocycles. The van der Waals surface area contributed by atoms with E-state index in [1.165, 1.54) is 5.69 Å². The normalized spacial score (nSPS) is 17.1. The number of rotatable bonds is 2. The molecule has 2 heterocycles. The molecule has 0 amide bonds. The third-order valence-corrected chi connectivity index (χ3v) is 2.36. The van der Waals surface area contributed by atoms with Crippen LogP contribution < -0.4 is 10.2 Å². The van der Waals surface area contributed by atoms with Crippen LogP contribution >= 0.6 is 0 Å². The Labute approximate surface area is 72.4 Å². The predicted molar refractivity (Wildman–Crippen MR) is 49.3 cm³/mol. The van der Waals surface area contributed by atoms with Crippen LogP contribution in [0, 0.1) is 0 Å². The van der Waals surface area contributed by atoms with Crippen LogP contribution in [0.4, 0.5) is 5.69 Å². The van der Waals surface area contributed by atoms with Crippen molar-refractivity contribution in [1.82, 2.24) is 10.3 Å². The van der Waals surface area contributed by atoms with Crippen LogP contribution in [0.2, 0.25) is 0 Å². The Kier molecular flexibility index (Phi) is 1.96. The van der Waals surface area contributed by atoms with Gasteiger partial charge in [0.1, 0.15) is 0 Å². The molecule has 0 radical (unpaired) electrons. The fourth-order valence-electron chi connectivity index (χ4n) is 1.32. The van der Waals surface area contributed by atoms with Crippen molar-refractivity contribution in [2.45, 2.75) is 6.04 Å². The van der Waals surface area contributed by atoms with E-state index < -0.39 is 0 Å². The second kappa shape index (κ2) is 3.11. The van der Waals surface area contributed by atoms with Crippen molar-refractivity contribution >= 4 is 5.69 Å². The van der Waals surface area contributed by atoms with Crippen LogP contribution in [0.25, 0.3) is 0 Å². The highest BCUT2D eigenvalue weighted by Crippen LogP contribution is 2.14. The monoisotopic (exact) mass is 163 g/mol. The molecule has 1 aromatic rings. The zero-order valence-corrected chi connectivity index (χ0v) is 7.20. The maximum Gasteiger partial charge on any atom is 0.0553 e. The van der Waals surface area contributed by atoms with Crippen LogP contribution in [0.3, 0.4) is 0 Å². The van der Waals surface area contributed by atoms with Crippen molar-refractivity contribution in [1.29, 1.82) is 0 Å². The molecule has 12 heavy (non-hydrogen) atoms.